The lowest BCUT2D eigenvalue weighted by atomic mass is 9.43. The number of carbonyl (C=O) groups excluding carboxylic acids is 4. The Morgan fingerprint density at radius 1 is 0.775 bits per heavy atom. The van der Waals surface area contributed by atoms with Gasteiger partial charge in [-0.25, -0.2) is 0 Å². The minimum atomic E-state index is -1.65. The van der Waals surface area contributed by atoms with Crippen LogP contribution in [-0.2, 0) is 47.6 Å². The van der Waals surface area contributed by atoms with Crippen molar-refractivity contribution in [3.05, 3.63) is 0 Å². The van der Waals surface area contributed by atoms with Crippen LogP contribution in [-0.4, -0.2) is 182 Å². The zero-order chi connectivity index (χ0) is 58.0. The molecule has 26 atom stereocenters. The van der Waals surface area contributed by atoms with Crippen molar-refractivity contribution in [2.75, 3.05) is 19.8 Å². The lowest BCUT2D eigenvalue weighted by molar-refractivity contribution is -0.337. The molecule has 8 rings (SSSR count). The summed E-state index contributed by atoms with van der Waals surface area (Å²) in [4.78, 5) is 52.8. The lowest BCUT2D eigenvalue weighted by Gasteiger charge is -2.63. The van der Waals surface area contributed by atoms with Gasteiger partial charge in [0.2, 0.25) is 5.91 Å². The van der Waals surface area contributed by atoms with E-state index in [1.807, 2.05) is 12.4 Å². The largest absolute Gasteiger partial charge is 0.394 e. The number of ketones is 3. The molecule has 2 saturated heterocycles. The monoisotopic (exact) mass is 1140 g/mol. The highest BCUT2D eigenvalue weighted by Gasteiger charge is 2.66. The SMILES string of the molecule is CC(=O)CC[C@@H](C)[C@H]1CC[C@H]2[C@@H]3[C@H](O)C[C@@H]4C[C@H](OCCCC(=O)C5C[C@@H](C)[C@@H](OC6O[C@@H](C)[C@H](O)C(O)[C@@H]6O)[C@H](O[C@@H]6O[C@@H](CO)[C@H](O)C(O[C@@H](CC7CCCCC7)C(=O)CNO)C6NC(C)=O)C5)CC[C@]4(C)[C@H]3C[C@H](O)[C@]12C. The van der Waals surface area contributed by atoms with E-state index in [0.717, 1.165) is 70.6 Å². The summed E-state index contributed by atoms with van der Waals surface area (Å²) in [6, 6.07) is -1.27. The van der Waals surface area contributed by atoms with Gasteiger partial charge >= 0.3 is 0 Å². The fourth-order valence-corrected chi connectivity index (χ4v) is 17.2. The minimum absolute atomic E-state index is 0.0362. The van der Waals surface area contributed by atoms with E-state index in [9.17, 15) is 60.1 Å². The fourth-order valence-electron chi connectivity index (χ4n) is 17.2. The Morgan fingerprint density at radius 3 is 2.20 bits per heavy atom. The van der Waals surface area contributed by atoms with Crippen LogP contribution in [0, 0.1) is 64.1 Å². The molecule has 8 aliphatic rings. The number of rotatable bonds is 23. The summed E-state index contributed by atoms with van der Waals surface area (Å²) in [7, 11) is 0. The average Bonchev–Trinajstić information content (AvgIpc) is 4.01. The molecule has 80 heavy (non-hydrogen) atoms. The standard InChI is InChI=1S/C60H100N2O18/c1-30(15-16-32(3)64)39-17-18-40-49-41(27-48(69)60(39,40)7)59(6)20-19-38(25-37(59)26-43(49)67)75-21-11-14-42(66)36-22-31(2)55(80-58-54(73)53(72)51(70)33(4)76-58)46(24-36)78-57-50(62-34(5)65)56(52(71)47(29-63)79-57)77-45(44(68)28-61-74)23-35-12-9-8-10-13-35/h30-31,33,35-41,43,45-58,61,63,67,69-74H,8-29H2,1-7H3,(H,62,65)/t30-,31-,33+,36?,37+,38-,39-,40+,41+,43-,45+,46-,47+,48+,49+,50?,51+,52+,53?,54+,55-,56?,57-,58?,59+,60-/m1/s1. The summed E-state index contributed by atoms with van der Waals surface area (Å²) in [5.74, 6) is -0.342. The molecule has 0 radical (unpaired) electrons. The van der Waals surface area contributed by atoms with Gasteiger partial charge in [0.15, 0.2) is 18.4 Å². The highest BCUT2D eigenvalue weighted by molar-refractivity contribution is 5.85. The lowest BCUT2D eigenvalue weighted by Crippen LogP contribution is -2.67. The third-order valence-electron chi connectivity index (χ3n) is 21.8. The maximum absolute atomic E-state index is 14.4. The van der Waals surface area contributed by atoms with E-state index in [-0.39, 0.29) is 70.9 Å². The number of amides is 1. The molecule has 0 aromatic carbocycles. The first kappa shape index (κ1) is 63.9. The van der Waals surface area contributed by atoms with E-state index in [2.05, 4.69) is 26.1 Å². The topological polar surface area (TPSA) is 310 Å². The van der Waals surface area contributed by atoms with Crippen LogP contribution < -0.4 is 10.8 Å². The summed E-state index contributed by atoms with van der Waals surface area (Å²) in [6.45, 7) is 12.4. The van der Waals surface area contributed by atoms with E-state index < -0.39 is 129 Å². The van der Waals surface area contributed by atoms with Crippen molar-refractivity contribution in [2.45, 2.75) is 268 Å². The fraction of sp³-hybridized carbons (Fsp3) is 0.933. The van der Waals surface area contributed by atoms with E-state index in [1.54, 1.807) is 6.92 Å². The smallest absolute Gasteiger partial charge is 0.217 e. The number of carbonyl (C=O) groups is 4. The predicted octanol–water partition coefficient (Wildman–Crippen LogP) is 3.83. The number of hydroxylamine groups is 1. The minimum Gasteiger partial charge on any atom is -0.394 e. The van der Waals surface area contributed by atoms with Crippen LogP contribution in [0.2, 0.25) is 0 Å². The van der Waals surface area contributed by atoms with Gasteiger partial charge in [0.25, 0.3) is 0 Å². The summed E-state index contributed by atoms with van der Waals surface area (Å²) in [5.41, 5.74) is 1.57. The molecular formula is C60H100N2O18. The molecule has 20 nitrogen and oxygen atoms in total. The van der Waals surface area contributed by atoms with Gasteiger partial charge in [-0.1, -0.05) is 59.8 Å². The molecule has 0 bridgehead atoms. The first-order valence-electron chi connectivity index (χ1n) is 30.8. The second-order valence-electron chi connectivity index (χ2n) is 26.8. The number of aliphatic hydroxyl groups excluding tert-OH is 7. The maximum Gasteiger partial charge on any atom is 0.217 e. The number of nitrogens with one attached hydrogen (secondary N) is 2. The second-order valence-corrected chi connectivity index (χ2v) is 26.8. The van der Waals surface area contributed by atoms with Crippen molar-refractivity contribution < 1.29 is 88.6 Å². The molecule has 0 aromatic heterocycles. The van der Waals surface area contributed by atoms with Crippen molar-refractivity contribution in [3.8, 4) is 0 Å². The Kier molecular flexibility index (Phi) is 22.0. The van der Waals surface area contributed by atoms with Gasteiger partial charge in [0.05, 0.1) is 49.8 Å². The number of ether oxygens (including phenoxy) is 6. The number of hydrogen-bond acceptors (Lipinski definition) is 19. The predicted molar refractivity (Wildman–Crippen MR) is 289 cm³/mol. The van der Waals surface area contributed by atoms with Gasteiger partial charge in [-0.2, -0.15) is 5.48 Å². The summed E-state index contributed by atoms with van der Waals surface area (Å²) in [5, 5.41) is 91.1. The van der Waals surface area contributed by atoms with Crippen LogP contribution in [0.4, 0.5) is 0 Å². The van der Waals surface area contributed by atoms with Crippen molar-refractivity contribution in [2.24, 2.45) is 64.1 Å². The third kappa shape index (κ3) is 13.8. The Balaban J connectivity index is 0.929. The van der Waals surface area contributed by atoms with Crippen molar-refractivity contribution >= 4 is 23.3 Å². The van der Waals surface area contributed by atoms with E-state index >= 15 is 0 Å². The highest BCUT2D eigenvalue weighted by Crippen LogP contribution is 2.68. The van der Waals surface area contributed by atoms with Gasteiger partial charge in [0.1, 0.15) is 60.3 Å². The van der Waals surface area contributed by atoms with E-state index in [0.29, 0.717) is 57.0 Å². The Bertz CT molecular complexity index is 2070. The first-order valence-corrected chi connectivity index (χ1v) is 30.8. The van der Waals surface area contributed by atoms with E-state index in [1.165, 1.54) is 13.8 Å². The Labute approximate surface area is 473 Å². The van der Waals surface area contributed by atoms with Crippen LogP contribution in [0.3, 0.4) is 0 Å². The molecule has 0 aromatic rings. The van der Waals surface area contributed by atoms with Crippen molar-refractivity contribution in [1.29, 1.82) is 0 Å². The van der Waals surface area contributed by atoms with Crippen LogP contribution in [0.1, 0.15) is 170 Å². The molecule has 20 heteroatoms. The number of hydrogen-bond donors (Lipinski definition) is 10. The first-order chi connectivity index (χ1) is 38.0. The number of aliphatic hydroxyl groups is 7. The molecule has 6 aliphatic carbocycles. The van der Waals surface area contributed by atoms with Crippen LogP contribution >= 0.6 is 0 Å². The molecule has 1 amide bonds. The van der Waals surface area contributed by atoms with Crippen molar-refractivity contribution in [1.82, 2.24) is 10.8 Å². The van der Waals surface area contributed by atoms with Gasteiger partial charge < -0.3 is 79.5 Å². The Morgan fingerprint density at radius 2 is 1.51 bits per heavy atom. The number of Topliss-reactive ketones (excluding diaryl/α,β-unsaturated/α-hetero) is 3. The third-order valence-corrected chi connectivity index (χ3v) is 21.8. The zero-order valence-electron chi connectivity index (χ0n) is 48.7. The molecule has 0 spiro atoms. The number of fused-ring (bicyclic) bond motifs is 5. The average molecular weight is 1140 g/mol. The van der Waals surface area contributed by atoms with Gasteiger partial charge in [0, 0.05) is 32.3 Å². The summed E-state index contributed by atoms with van der Waals surface area (Å²) in [6.07, 6.45) is -3.26. The molecule has 2 heterocycles. The van der Waals surface area contributed by atoms with Crippen molar-refractivity contribution in [3.63, 3.8) is 0 Å². The normalized spacial score (nSPS) is 44.9. The summed E-state index contributed by atoms with van der Waals surface area (Å²) < 4.78 is 38.4. The Hall–Kier alpha value is -2.12. The van der Waals surface area contributed by atoms with Gasteiger partial charge in [-0.15, -0.1) is 0 Å². The molecule has 8 fully saturated rings. The zero-order valence-corrected chi connectivity index (χ0v) is 48.7. The molecule has 5 unspecified atom stereocenters. The van der Waals surface area contributed by atoms with E-state index in [4.69, 9.17) is 28.4 Å². The quantitative estimate of drug-likeness (QED) is 0.0514. The highest BCUT2D eigenvalue weighted by atomic mass is 16.7. The molecular weight excluding hydrogens is 1040 g/mol. The van der Waals surface area contributed by atoms with Gasteiger partial charge in [-0.05, 0) is 149 Å². The molecule has 458 valence electrons. The summed E-state index contributed by atoms with van der Waals surface area (Å²) >= 11 is 0. The van der Waals surface area contributed by atoms with Crippen LogP contribution in [0.15, 0.2) is 0 Å². The molecule has 6 saturated carbocycles. The second kappa shape index (κ2) is 27.5. The molecule has 10 N–H and O–H groups in total. The molecule has 2 aliphatic heterocycles. The van der Waals surface area contributed by atoms with Gasteiger partial charge in [-0.3, -0.25) is 14.4 Å². The maximum atomic E-state index is 14.4. The van der Waals surface area contributed by atoms with Crippen LogP contribution in [0.25, 0.3) is 0 Å². The van der Waals surface area contributed by atoms with Crippen LogP contribution in [0.5, 0.6) is 0 Å².